The molecule has 32 heavy (non-hydrogen) atoms. The number of nitrogens with zero attached hydrogens (tertiary/aromatic N) is 5. The highest BCUT2D eigenvalue weighted by atomic mass is 35.5. The van der Waals surface area contributed by atoms with Crippen molar-refractivity contribution in [2.75, 3.05) is 26.3 Å². The number of morpholine rings is 1. The minimum absolute atomic E-state index is 0.110. The van der Waals surface area contributed by atoms with E-state index in [1.807, 2.05) is 53.2 Å². The lowest BCUT2D eigenvalue weighted by molar-refractivity contribution is 0.0215. The van der Waals surface area contributed by atoms with Crippen LogP contribution in [0.4, 0.5) is 0 Å². The van der Waals surface area contributed by atoms with Gasteiger partial charge in [0.2, 0.25) is 0 Å². The van der Waals surface area contributed by atoms with Crippen LogP contribution in [-0.2, 0) is 4.74 Å². The van der Waals surface area contributed by atoms with E-state index in [2.05, 4.69) is 56.8 Å². The molecule has 1 saturated heterocycles. The second-order valence-electron chi connectivity index (χ2n) is 7.81. The normalized spacial score (nSPS) is 15.7. The van der Waals surface area contributed by atoms with Crippen molar-refractivity contribution < 1.29 is 4.74 Å². The van der Waals surface area contributed by atoms with Gasteiger partial charge in [0.25, 0.3) is 0 Å². The molecule has 2 heterocycles. The van der Waals surface area contributed by atoms with Crippen LogP contribution in [0.25, 0.3) is 0 Å². The van der Waals surface area contributed by atoms with Gasteiger partial charge in [-0.05, 0) is 39.2 Å². The topological polar surface area (TPSA) is 56.1 Å². The molecule has 6 nitrogen and oxygen atoms in total. The molecule has 3 aromatic carbocycles. The summed E-state index contributed by atoms with van der Waals surface area (Å²) in [6.45, 7) is 2.99. The van der Waals surface area contributed by atoms with Crippen LogP contribution < -0.4 is 0 Å². The summed E-state index contributed by atoms with van der Waals surface area (Å²) in [5, 5.41) is 13.9. The first-order valence-electron chi connectivity index (χ1n) is 10.8. The highest BCUT2D eigenvalue weighted by Gasteiger charge is 2.32. The van der Waals surface area contributed by atoms with Crippen LogP contribution in [0.5, 0.6) is 0 Å². The molecular formula is C25H24ClN5O. The molecule has 1 aliphatic heterocycles. The molecule has 0 unspecified atom stereocenters. The third-order valence-electron chi connectivity index (χ3n) is 5.83. The van der Waals surface area contributed by atoms with E-state index in [0.717, 1.165) is 35.6 Å². The van der Waals surface area contributed by atoms with Crippen LogP contribution >= 0.6 is 11.6 Å². The second kappa shape index (κ2) is 9.61. The van der Waals surface area contributed by atoms with Gasteiger partial charge >= 0.3 is 0 Å². The molecule has 1 fully saturated rings. The molecule has 4 aromatic rings. The zero-order valence-corrected chi connectivity index (χ0v) is 18.3. The number of rotatable bonds is 6. The molecule has 5 rings (SSSR count). The molecule has 0 amide bonds. The minimum Gasteiger partial charge on any atom is -0.379 e. The summed E-state index contributed by atoms with van der Waals surface area (Å²) in [7, 11) is 0. The molecular weight excluding hydrogens is 422 g/mol. The van der Waals surface area contributed by atoms with Crippen LogP contribution in [0.15, 0.2) is 84.9 Å². The van der Waals surface area contributed by atoms with Crippen molar-refractivity contribution in [2.24, 2.45) is 0 Å². The lowest BCUT2D eigenvalue weighted by atomic mass is 9.97. The van der Waals surface area contributed by atoms with Gasteiger partial charge in [-0.2, -0.15) is 0 Å². The molecule has 1 aliphatic rings. The molecule has 7 heteroatoms. The van der Waals surface area contributed by atoms with Crippen LogP contribution in [0.1, 0.15) is 34.6 Å². The van der Waals surface area contributed by atoms with Gasteiger partial charge in [-0.15, -0.1) is 5.10 Å². The van der Waals surface area contributed by atoms with Crippen LogP contribution in [-0.4, -0.2) is 51.4 Å². The monoisotopic (exact) mass is 445 g/mol. The summed E-state index contributed by atoms with van der Waals surface area (Å²) in [6.07, 6.45) is 0. The Morgan fingerprint density at radius 2 is 1.28 bits per heavy atom. The van der Waals surface area contributed by atoms with E-state index in [9.17, 15) is 0 Å². The highest BCUT2D eigenvalue weighted by molar-refractivity contribution is 6.30. The molecule has 1 aromatic heterocycles. The molecule has 0 N–H and O–H groups in total. The summed E-state index contributed by atoms with van der Waals surface area (Å²) in [5.74, 6) is 0.798. The summed E-state index contributed by atoms with van der Waals surface area (Å²) in [4.78, 5) is 2.38. The Labute approximate surface area is 192 Å². The van der Waals surface area contributed by atoms with Gasteiger partial charge in [0.15, 0.2) is 5.82 Å². The van der Waals surface area contributed by atoms with Crippen LogP contribution in [0.3, 0.4) is 0 Å². The lowest BCUT2D eigenvalue weighted by Crippen LogP contribution is -2.41. The maximum Gasteiger partial charge on any atom is 0.174 e. The van der Waals surface area contributed by atoms with Crippen LogP contribution in [0, 0.1) is 0 Å². The SMILES string of the molecule is Clc1ccc([C@@H](c2nnnn2C(c2ccccc2)c2ccccc2)N2CCOCC2)cc1. The number of aromatic nitrogens is 4. The molecule has 0 aliphatic carbocycles. The van der Waals surface area contributed by atoms with Crippen LogP contribution in [0.2, 0.25) is 5.02 Å². The number of hydrogen-bond donors (Lipinski definition) is 0. The largest absolute Gasteiger partial charge is 0.379 e. The van der Waals surface area contributed by atoms with Crippen molar-refractivity contribution >= 4 is 11.6 Å². The third kappa shape index (κ3) is 4.30. The second-order valence-corrected chi connectivity index (χ2v) is 8.24. The van der Waals surface area contributed by atoms with Crippen molar-refractivity contribution in [3.05, 3.63) is 112 Å². The van der Waals surface area contributed by atoms with Crippen molar-refractivity contribution in [3.8, 4) is 0 Å². The molecule has 1 atom stereocenters. The zero-order valence-electron chi connectivity index (χ0n) is 17.6. The Morgan fingerprint density at radius 3 is 1.88 bits per heavy atom. The van der Waals surface area contributed by atoms with E-state index in [1.165, 1.54) is 0 Å². The quantitative estimate of drug-likeness (QED) is 0.440. The van der Waals surface area contributed by atoms with Crippen molar-refractivity contribution in [1.82, 2.24) is 25.1 Å². The fourth-order valence-electron chi connectivity index (χ4n) is 4.31. The van der Waals surface area contributed by atoms with Gasteiger partial charge in [0.05, 0.1) is 19.3 Å². The number of ether oxygens (including phenoxy) is 1. The van der Waals surface area contributed by atoms with E-state index in [0.29, 0.717) is 18.2 Å². The summed E-state index contributed by atoms with van der Waals surface area (Å²) in [6, 6.07) is 28.4. The van der Waals surface area contributed by atoms with Gasteiger partial charge in [-0.1, -0.05) is 84.4 Å². The summed E-state index contributed by atoms with van der Waals surface area (Å²) in [5.41, 5.74) is 3.36. The Bertz CT molecular complexity index is 1090. The molecule has 162 valence electrons. The van der Waals surface area contributed by atoms with E-state index in [-0.39, 0.29) is 12.1 Å². The minimum atomic E-state index is -0.141. The molecule has 0 radical (unpaired) electrons. The average molecular weight is 446 g/mol. The van der Waals surface area contributed by atoms with Crippen molar-refractivity contribution in [3.63, 3.8) is 0 Å². The number of tetrazole rings is 1. The first-order chi connectivity index (χ1) is 15.8. The molecule has 0 bridgehead atoms. The van der Waals surface area contributed by atoms with Gasteiger partial charge in [-0.25, -0.2) is 4.68 Å². The zero-order chi connectivity index (χ0) is 21.8. The molecule has 0 saturated carbocycles. The first kappa shape index (κ1) is 20.8. The van der Waals surface area contributed by atoms with E-state index in [1.54, 1.807) is 0 Å². The summed E-state index contributed by atoms with van der Waals surface area (Å²) < 4.78 is 7.58. The fourth-order valence-corrected chi connectivity index (χ4v) is 4.44. The Morgan fingerprint density at radius 1 is 0.719 bits per heavy atom. The van der Waals surface area contributed by atoms with Gasteiger partial charge in [0, 0.05) is 18.1 Å². The van der Waals surface area contributed by atoms with E-state index < -0.39 is 0 Å². The first-order valence-corrected chi connectivity index (χ1v) is 11.1. The Kier molecular flexibility index (Phi) is 6.25. The maximum absolute atomic E-state index is 6.19. The molecule has 0 spiro atoms. The number of hydrogen-bond acceptors (Lipinski definition) is 5. The fraction of sp³-hybridized carbons (Fsp3) is 0.240. The average Bonchev–Trinajstić information content (AvgIpc) is 3.31. The summed E-state index contributed by atoms with van der Waals surface area (Å²) >= 11 is 6.19. The maximum atomic E-state index is 6.19. The lowest BCUT2D eigenvalue weighted by Gasteiger charge is -2.34. The Hall–Kier alpha value is -3.06. The van der Waals surface area contributed by atoms with Gasteiger partial charge < -0.3 is 4.74 Å². The van der Waals surface area contributed by atoms with Gasteiger partial charge in [-0.3, -0.25) is 4.90 Å². The third-order valence-corrected chi connectivity index (χ3v) is 6.09. The number of halogens is 1. The van der Waals surface area contributed by atoms with Crippen molar-refractivity contribution in [1.29, 1.82) is 0 Å². The predicted octanol–water partition coefficient (Wildman–Crippen LogP) is 4.39. The predicted molar refractivity (Wildman–Crippen MR) is 124 cm³/mol. The van der Waals surface area contributed by atoms with E-state index in [4.69, 9.17) is 16.3 Å². The van der Waals surface area contributed by atoms with Gasteiger partial charge in [0.1, 0.15) is 6.04 Å². The standard InChI is InChI=1S/C25H24ClN5O/c26-22-13-11-21(12-14-22)24(30-15-17-32-18-16-30)25-27-28-29-31(25)23(19-7-3-1-4-8-19)20-9-5-2-6-10-20/h1-14,23-24H,15-18H2/t24-/m0/s1. The van der Waals surface area contributed by atoms with Crippen molar-refractivity contribution in [2.45, 2.75) is 12.1 Å². The highest BCUT2D eigenvalue weighted by Crippen LogP contribution is 2.33. The Balaban J connectivity index is 1.64. The van der Waals surface area contributed by atoms with E-state index >= 15 is 0 Å². The smallest absolute Gasteiger partial charge is 0.174 e. The number of benzene rings is 3.